The van der Waals surface area contributed by atoms with Crippen LogP contribution in [0.25, 0.3) is 11.1 Å². The minimum atomic E-state index is -4.49. The van der Waals surface area contributed by atoms with E-state index in [1.165, 1.54) is 17.2 Å². The van der Waals surface area contributed by atoms with Crippen molar-refractivity contribution in [2.75, 3.05) is 0 Å². The van der Waals surface area contributed by atoms with Crippen molar-refractivity contribution in [1.82, 2.24) is 24.6 Å². The van der Waals surface area contributed by atoms with Crippen LogP contribution in [-0.4, -0.2) is 30.6 Å². The predicted octanol–water partition coefficient (Wildman–Crippen LogP) is 2.77. The molecule has 0 spiro atoms. The maximum atomic E-state index is 13.3. The third kappa shape index (κ3) is 3.67. The number of aromatic nitrogens is 4. The molecular formula is C19H13F3N6O. The molecular weight excluding hydrogens is 385 g/mol. The molecule has 0 unspecified atom stereocenters. The van der Waals surface area contributed by atoms with E-state index in [1.54, 1.807) is 29.2 Å². The van der Waals surface area contributed by atoms with E-state index in [4.69, 9.17) is 5.26 Å². The highest BCUT2D eigenvalue weighted by Crippen LogP contribution is 2.37. The molecule has 1 amide bonds. The molecule has 2 aromatic heterocycles. The molecule has 146 valence electrons. The monoisotopic (exact) mass is 398 g/mol. The second-order valence-electron chi connectivity index (χ2n) is 6.53. The second kappa shape index (κ2) is 7.01. The first kappa shape index (κ1) is 18.6. The molecule has 29 heavy (non-hydrogen) atoms. The number of nitrogens with zero attached hydrogens (tertiary/aromatic N) is 6. The van der Waals surface area contributed by atoms with Gasteiger partial charge in [0.25, 0.3) is 5.82 Å². The first-order valence-corrected chi connectivity index (χ1v) is 8.56. The van der Waals surface area contributed by atoms with Gasteiger partial charge in [-0.2, -0.15) is 18.4 Å². The second-order valence-corrected chi connectivity index (χ2v) is 6.53. The number of carbonyl (C=O) groups is 1. The van der Waals surface area contributed by atoms with Gasteiger partial charge in [-0.15, -0.1) is 5.10 Å². The maximum absolute atomic E-state index is 13.3. The van der Waals surface area contributed by atoms with Crippen LogP contribution < -0.4 is 0 Å². The highest BCUT2D eigenvalue weighted by molar-refractivity contribution is 5.77. The highest BCUT2D eigenvalue weighted by atomic mass is 19.4. The van der Waals surface area contributed by atoms with Gasteiger partial charge in [-0.25, -0.2) is 9.67 Å². The molecule has 1 aliphatic rings. The number of benzene rings is 1. The molecule has 0 atom stereocenters. The van der Waals surface area contributed by atoms with Crippen LogP contribution in [0.1, 0.15) is 22.5 Å². The summed E-state index contributed by atoms with van der Waals surface area (Å²) in [5.41, 5.74) is 1.30. The summed E-state index contributed by atoms with van der Waals surface area (Å²) in [7, 11) is 0. The highest BCUT2D eigenvalue weighted by Gasteiger charge is 2.34. The molecule has 0 fully saturated rings. The van der Waals surface area contributed by atoms with Gasteiger partial charge < -0.3 is 4.90 Å². The Morgan fingerprint density at radius 1 is 1.21 bits per heavy atom. The van der Waals surface area contributed by atoms with Crippen molar-refractivity contribution in [1.29, 1.82) is 5.26 Å². The number of amides is 1. The third-order valence-electron chi connectivity index (χ3n) is 4.65. The lowest BCUT2D eigenvalue weighted by Crippen LogP contribution is -2.29. The lowest BCUT2D eigenvalue weighted by molar-refractivity contribution is -0.137. The summed E-state index contributed by atoms with van der Waals surface area (Å²) in [6.45, 7) is 0.563. The molecule has 7 nitrogen and oxygen atoms in total. The minimum absolute atomic E-state index is 0.000718. The molecule has 0 saturated carbocycles. The zero-order chi connectivity index (χ0) is 20.6. The fourth-order valence-corrected chi connectivity index (χ4v) is 3.27. The number of alkyl halides is 3. The van der Waals surface area contributed by atoms with E-state index in [0.29, 0.717) is 12.1 Å². The van der Waals surface area contributed by atoms with Crippen LogP contribution in [0.3, 0.4) is 0 Å². The largest absolute Gasteiger partial charge is 0.417 e. The minimum Gasteiger partial charge on any atom is -0.332 e. The topological polar surface area (TPSA) is 87.7 Å². The maximum Gasteiger partial charge on any atom is 0.417 e. The Bertz CT molecular complexity index is 1130. The fraction of sp³-hybridized carbons (Fsp3) is 0.211. The molecule has 1 aromatic carbocycles. The van der Waals surface area contributed by atoms with Crippen LogP contribution in [0.15, 0.2) is 43.0 Å². The van der Waals surface area contributed by atoms with Crippen LogP contribution in [0.2, 0.25) is 0 Å². The number of hydrogen-bond donors (Lipinski definition) is 0. The first-order chi connectivity index (χ1) is 13.8. The average Bonchev–Trinajstić information content (AvgIpc) is 3.33. The van der Waals surface area contributed by atoms with Crippen molar-refractivity contribution in [2.45, 2.75) is 25.8 Å². The standard InChI is InChI=1S/C19H13F3N6O/c20-19(21,22)16-3-4-24-7-15(16)12-1-2-13-8-27(9-14(13)5-12)18(29)10-28-11-25-17(6-23)26-28/h1-5,7,11H,8-10H2. The quantitative estimate of drug-likeness (QED) is 0.677. The zero-order valence-corrected chi connectivity index (χ0v) is 14.9. The van der Waals surface area contributed by atoms with Crippen LogP contribution in [0, 0.1) is 11.3 Å². The SMILES string of the molecule is N#Cc1ncn(CC(=O)N2Cc3ccc(-c4cnccc4C(F)(F)F)cc3C2)n1. The summed E-state index contributed by atoms with van der Waals surface area (Å²) in [6.07, 6.45) is -0.875. The molecule has 4 rings (SSSR count). The Morgan fingerprint density at radius 3 is 2.72 bits per heavy atom. The van der Waals surface area contributed by atoms with Gasteiger partial charge in [0.15, 0.2) is 0 Å². The lowest BCUT2D eigenvalue weighted by atomic mass is 9.98. The van der Waals surface area contributed by atoms with Crippen molar-refractivity contribution >= 4 is 5.91 Å². The van der Waals surface area contributed by atoms with Gasteiger partial charge in [-0.3, -0.25) is 9.78 Å². The average molecular weight is 398 g/mol. The number of rotatable bonds is 3. The van der Waals surface area contributed by atoms with Crippen LogP contribution >= 0.6 is 0 Å². The van der Waals surface area contributed by atoms with Gasteiger partial charge in [-0.05, 0) is 28.8 Å². The molecule has 0 bridgehead atoms. The van der Waals surface area contributed by atoms with Crippen molar-refractivity contribution in [2.24, 2.45) is 0 Å². The van der Waals surface area contributed by atoms with Crippen LogP contribution in [0.4, 0.5) is 13.2 Å². The van der Waals surface area contributed by atoms with Crippen LogP contribution in [0.5, 0.6) is 0 Å². The Labute approximate surface area is 163 Å². The molecule has 3 heterocycles. The number of halogens is 3. The number of hydrogen-bond acceptors (Lipinski definition) is 5. The summed E-state index contributed by atoms with van der Waals surface area (Å²) in [6, 6.07) is 7.74. The Balaban J connectivity index is 1.55. The van der Waals surface area contributed by atoms with Gasteiger partial charge in [0, 0.05) is 31.0 Å². The first-order valence-electron chi connectivity index (χ1n) is 8.56. The Kier molecular flexibility index (Phi) is 4.50. The van der Waals surface area contributed by atoms with E-state index >= 15 is 0 Å². The van der Waals surface area contributed by atoms with E-state index < -0.39 is 11.7 Å². The Morgan fingerprint density at radius 2 is 2.00 bits per heavy atom. The summed E-state index contributed by atoms with van der Waals surface area (Å²) in [5, 5.41) is 12.6. The summed E-state index contributed by atoms with van der Waals surface area (Å²) in [4.78, 5) is 21.7. The van der Waals surface area contributed by atoms with E-state index in [-0.39, 0.29) is 30.4 Å². The number of pyridine rings is 1. The van der Waals surface area contributed by atoms with Crippen molar-refractivity contribution < 1.29 is 18.0 Å². The summed E-state index contributed by atoms with van der Waals surface area (Å²) in [5.74, 6) is -0.251. The normalized spacial score (nSPS) is 13.2. The molecule has 1 aliphatic heterocycles. The molecule has 10 heteroatoms. The van der Waals surface area contributed by atoms with E-state index in [2.05, 4.69) is 15.1 Å². The predicted molar refractivity (Wildman–Crippen MR) is 93.7 cm³/mol. The number of nitriles is 1. The Hall–Kier alpha value is -3.74. The van der Waals surface area contributed by atoms with E-state index in [9.17, 15) is 18.0 Å². The van der Waals surface area contributed by atoms with Gasteiger partial charge in [0.1, 0.15) is 18.9 Å². The van der Waals surface area contributed by atoms with Gasteiger partial charge in [0.2, 0.25) is 5.91 Å². The summed E-state index contributed by atoms with van der Waals surface area (Å²) >= 11 is 0. The molecule has 0 radical (unpaired) electrons. The van der Waals surface area contributed by atoms with Crippen molar-refractivity contribution in [3.05, 3.63) is 65.5 Å². The molecule has 0 saturated heterocycles. The number of fused-ring (bicyclic) bond motifs is 1. The van der Waals surface area contributed by atoms with Crippen LogP contribution in [-0.2, 0) is 30.6 Å². The molecule has 0 N–H and O–H groups in total. The van der Waals surface area contributed by atoms with E-state index in [1.807, 2.05) is 0 Å². The number of carbonyl (C=O) groups excluding carboxylic acids is 1. The fourth-order valence-electron chi connectivity index (χ4n) is 3.27. The smallest absolute Gasteiger partial charge is 0.332 e. The van der Waals surface area contributed by atoms with Gasteiger partial charge in [-0.1, -0.05) is 12.1 Å². The summed E-state index contributed by atoms with van der Waals surface area (Å²) < 4.78 is 41.2. The zero-order valence-electron chi connectivity index (χ0n) is 14.9. The molecule has 0 aliphatic carbocycles. The van der Waals surface area contributed by atoms with Crippen molar-refractivity contribution in [3.63, 3.8) is 0 Å². The van der Waals surface area contributed by atoms with Gasteiger partial charge >= 0.3 is 6.18 Å². The van der Waals surface area contributed by atoms with Crippen molar-refractivity contribution in [3.8, 4) is 17.2 Å². The lowest BCUT2D eigenvalue weighted by Gasteiger charge is -2.15. The van der Waals surface area contributed by atoms with Gasteiger partial charge in [0.05, 0.1) is 5.56 Å². The van der Waals surface area contributed by atoms with E-state index in [0.717, 1.165) is 23.4 Å². The molecule has 3 aromatic rings. The third-order valence-corrected chi connectivity index (χ3v) is 4.65.